The van der Waals surface area contributed by atoms with E-state index in [-0.39, 0.29) is 93.4 Å². The van der Waals surface area contributed by atoms with Crippen LogP contribution in [0.3, 0.4) is 0 Å². The highest BCUT2D eigenvalue weighted by atomic mass is 32.2. The number of aryl methyl sites for hydroxylation is 1. The van der Waals surface area contributed by atoms with Crippen LogP contribution in [-0.2, 0) is 32.8 Å². The topological polar surface area (TPSA) is 204 Å². The van der Waals surface area contributed by atoms with Gasteiger partial charge in [-0.15, -0.1) is 0 Å². The maximum atomic E-state index is 14.4. The summed E-state index contributed by atoms with van der Waals surface area (Å²) in [7, 11) is -7.41. The number of sulfonamides is 2. The van der Waals surface area contributed by atoms with Gasteiger partial charge in [0, 0.05) is 111 Å². The lowest BCUT2D eigenvalue weighted by Gasteiger charge is -2.35. The van der Waals surface area contributed by atoms with Gasteiger partial charge in [-0.1, -0.05) is 30.3 Å². The van der Waals surface area contributed by atoms with E-state index in [0.29, 0.717) is 65.4 Å². The molecule has 2 saturated heterocycles. The van der Waals surface area contributed by atoms with Crippen LogP contribution in [0.1, 0.15) is 47.9 Å². The van der Waals surface area contributed by atoms with Crippen molar-refractivity contribution < 1.29 is 57.9 Å². The van der Waals surface area contributed by atoms with Crippen LogP contribution < -0.4 is 14.2 Å². The number of fused-ring (bicyclic) bond motifs is 2. The van der Waals surface area contributed by atoms with Gasteiger partial charge in [0.05, 0.1) is 40.6 Å². The van der Waals surface area contributed by atoms with Crippen molar-refractivity contribution in [2.75, 3.05) is 68.9 Å². The second kappa shape index (κ2) is 21.9. The molecule has 5 aromatic carbocycles. The van der Waals surface area contributed by atoms with Gasteiger partial charge in [-0.2, -0.15) is 13.2 Å². The summed E-state index contributed by atoms with van der Waals surface area (Å²) in [5.74, 6) is -3.07. The number of methoxy groups -OCH3 is 1. The standard InChI is InChI=1S/C56H48F5N9O8S2/c1-34-26-37(53(71)68-20-18-67(19-21-68)33-38-7-3-9-44(57)50(38)58)11-15-45(34)66-80(76,77)49-29-39(27-36-8-5-17-62-52(36)49)40-28-35-6-4-10-48(51(35)64-31-40)79(74,75)65-42-13-14-43(47(30-42)78-2)54(72)69-22-24-70(25-23-69)55(73)46-16-12-41(32-63-46)56(59,60)61/h3-17,26-32,65-66H,18-25,33H2,1-2H3. The fourth-order valence-corrected chi connectivity index (χ4v) is 12.2. The van der Waals surface area contributed by atoms with E-state index in [2.05, 4.69) is 24.4 Å². The number of amides is 3. The van der Waals surface area contributed by atoms with Crippen molar-refractivity contribution in [3.05, 3.63) is 179 Å². The lowest BCUT2D eigenvalue weighted by Crippen LogP contribution is -2.50. The highest BCUT2D eigenvalue weighted by Gasteiger charge is 2.33. The Bertz CT molecular complexity index is 3990. The highest BCUT2D eigenvalue weighted by molar-refractivity contribution is 7.93. The molecule has 2 fully saturated rings. The number of pyridine rings is 3. The number of anilines is 2. The molecule has 24 heteroatoms. The molecule has 0 saturated carbocycles. The van der Waals surface area contributed by atoms with Gasteiger partial charge in [0.15, 0.2) is 11.6 Å². The summed E-state index contributed by atoms with van der Waals surface area (Å²) in [4.78, 5) is 59.1. The van der Waals surface area contributed by atoms with E-state index >= 15 is 0 Å². The van der Waals surface area contributed by atoms with Gasteiger partial charge in [0.1, 0.15) is 21.2 Å². The number of ether oxygens (including phenoxy) is 1. The van der Waals surface area contributed by atoms with E-state index in [0.717, 1.165) is 18.2 Å². The van der Waals surface area contributed by atoms with Crippen LogP contribution in [0.5, 0.6) is 5.75 Å². The number of para-hydroxylation sites is 1. The molecule has 412 valence electrons. The zero-order valence-electron chi connectivity index (χ0n) is 42.7. The van der Waals surface area contributed by atoms with Crippen LogP contribution in [-0.4, -0.2) is 129 Å². The summed E-state index contributed by atoms with van der Waals surface area (Å²) < 4.78 is 135. The number of carbonyl (C=O) groups excluding carboxylic acids is 3. The first-order valence-electron chi connectivity index (χ1n) is 24.9. The Balaban J connectivity index is 0.817. The van der Waals surface area contributed by atoms with Crippen molar-refractivity contribution >= 4 is 70.9 Å². The Morgan fingerprint density at radius 1 is 0.625 bits per heavy atom. The number of nitrogens with zero attached hydrogens (tertiary/aromatic N) is 7. The molecule has 2 N–H and O–H groups in total. The van der Waals surface area contributed by atoms with Crippen molar-refractivity contribution in [2.24, 2.45) is 0 Å². The fraction of sp³-hybridized carbons (Fsp3) is 0.214. The summed E-state index contributed by atoms with van der Waals surface area (Å²) in [5.41, 5.74) is 1.45. The molecule has 0 aliphatic carbocycles. The van der Waals surface area contributed by atoms with Crippen molar-refractivity contribution in [3.8, 4) is 16.9 Å². The van der Waals surface area contributed by atoms with E-state index in [1.165, 1.54) is 90.0 Å². The number of alkyl halides is 3. The zero-order chi connectivity index (χ0) is 56.7. The number of benzene rings is 5. The summed E-state index contributed by atoms with van der Waals surface area (Å²) in [6.45, 7) is 3.78. The number of piperazine rings is 2. The Kier molecular flexibility index (Phi) is 15.0. The monoisotopic (exact) mass is 1130 g/mol. The Hall–Kier alpha value is -8.61. The maximum Gasteiger partial charge on any atom is 0.417 e. The van der Waals surface area contributed by atoms with Crippen molar-refractivity contribution in [1.82, 2.24) is 34.6 Å². The van der Waals surface area contributed by atoms with Gasteiger partial charge >= 0.3 is 6.18 Å². The van der Waals surface area contributed by atoms with E-state index in [1.54, 1.807) is 48.2 Å². The van der Waals surface area contributed by atoms with Gasteiger partial charge in [0.2, 0.25) is 0 Å². The lowest BCUT2D eigenvalue weighted by atomic mass is 10.0. The van der Waals surface area contributed by atoms with Crippen LogP contribution in [0.4, 0.5) is 33.3 Å². The van der Waals surface area contributed by atoms with E-state index in [9.17, 15) is 53.2 Å². The van der Waals surface area contributed by atoms with Crippen LogP contribution in [0.25, 0.3) is 32.9 Å². The molecule has 5 heterocycles. The molecule has 3 amide bonds. The normalized spacial score (nSPS) is 14.6. The second-order valence-corrected chi connectivity index (χ2v) is 22.4. The minimum absolute atomic E-state index is 0.0504. The maximum absolute atomic E-state index is 14.4. The van der Waals surface area contributed by atoms with Gasteiger partial charge in [-0.05, 0) is 96.9 Å². The van der Waals surface area contributed by atoms with Gasteiger partial charge < -0.3 is 19.4 Å². The number of hydrogen-bond donors (Lipinski definition) is 2. The fourth-order valence-electron chi connectivity index (χ4n) is 9.63. The molecule has 0 radical (unpaired) electrons. The van der Waals surface area contributed by atoms with E-state index in [4.69, 9.17) is 4.74 Å². The van der Waals surface area contributed by atoms with Gasteiger partial charge in [-0.25, -0.2) is 25.6 Å². The molecule has 80 heavy (non-hydrogen) atoms. The first-order chi connectivity index (χ1) is 38.2. The third kappa shape index (κ3) is 11.3. The predicted molar refractivity (Wildman–Crippen MR) is 287 cm³/mol. The van der Waals surface area contributed by atoms with Crippen molar-refractivity contribution in [3.63, 3.8) is 0 Å². The summed E-state index contributed by atoms with van der Waals surface area (Å²) >= 11 is 0. The van der Waals surface area contributed by atoms with Crippen LogP contribution in [0.15, 0.2) is 144 Å². The molecule has 0 atom stereocenters. The molecule has 0 unspecified atom stereocenters. The van der Waals surface area contributed by atoms with E-state index in [1.807, 2.05) is 4.90 Å². The smallest absolute Gasteiger partial charge is 0.417 e. The quantitative estimate of drug-likeness (QED) is 0.104. The minimum Gasteiger partial charge on any atom is -0.496 e. The first kappa shape index (κ1) is 54.7. The number of halogens is 5. The van der Waals surface area contributed by atoms with Crippen molar-refractivity contribution in [1.29, 1.82) is 0 Å². The van der Waals surface area contributed by atoms with Gasteiger partial charge in [-0.3, -0.25) is 43.7 Å². The van der Waals surface area contributed by atoms with Crippen molar-refractivity contribution in [2.45, 2.75) is 29.4 Å². The Morgan fingerprint density at radius 2 is 1.27 bits per heavy atom. The van der Waals surface area contributed by atoms with Crippen LogP contribution in [0.2, 0.25) is 0 Å². The molecule has 10 rings (SSSR count). The van der Waals surface area contributed by atoms with Crippen LogP contribution >= 0.6 is 0 Å². The molecule has 2 aliphatic heterocycles. The number of aromatic nitrogens is 3. The zero-order valence-corrected chi connectivity index (χ0v) is 44.3. The third-order valence-corrected chi connectivity index (χ3v) is 16.7. The Labute approximate surface area is 455 Å². The number of carbonyl (C=O) groups is 3. The largest absolute Gasteiger partial charge is 0.496 e. The summed E-state index contributed by atoms with van der Waals surface area (Å²) in [6, 6.07) is 27.4. The Morgan fingerprint density at radius 3 is 1.96 bits per heavy atom. The molecule has 0 bridgehead atoms. The van der Waals surface area contributed by atoms with E-state index < -0.39 is 55.2 Å². The summed E-state index contributed by atoms with van der Waals surface area (Å²) in [6.07, 6.45) is -1.12. The predicted octanol–water partition coefficient (Wildman–Crippen LogP) is 8.62. The van der Waals surface area contributed by atoms with Crippen LogP contribution in [0, 0.1) is 18.6 Å². The SMILES string of the molecule is COc1cc(NS(=O)(=O)c2cccc3cc(-c4cc(S(=O)(=O)Nc5ccc(C(=O)N6CCN(Cc7cccc(F)c7F)CC6)cc5C)c5ncccc5c4)cnc23)ccc1C(=O)N1CCN(C(=O)c2ccc(C(F)(F)F)cn2)CC1. The summed E-state index contributed by atoms with van der Waals surface area (Å²) in [5, 5.41) is 0.890. The lowest BCUT2D eigenvalue weighted by molar-refractivity contribution is -0.137. The molecule has 17 nitrogen and oxygen atoms in total. The number of hydrogen-bond acceptors (Lipinski definition) is 12. The molecule has 3 aromatic heterocycles. The first-order valence-corrected chi connectivity index (χ1v) is 27.8. The molecule has 8 aromatic rings. The minimum atomic E-state index is -4.61. The number of rotatable bonds is 13. The highest BCUT2D eigenvalue weighted by Crippen LogP contribution is 2.35. The second-order valence-electron chi connectivity index (χ2n) is 19.1. The molecular weight excluding hydrogens is 1090 g/mol. The average molecular weight is 1130 g/mol. The average Bonchev–Trinajstić information content (AvgIpc) is 3.50. The third-order valence-electron chi connectivity index (χ3n) is 13.9. The van der Waals surface area contributed by atoms with Gasteiger partial charge in [0.25, 0.3) is 37.8 Å². The number of nitrogens with one attached hydrogen (secondary N) is 2. The molecule has 0 spiro atoms. The molecule has 2 aliphatic rings. The molecular formula is C56H48F5N9O8S2.